The number of hydrogen-bond acceptors (Lipinski definition) is 5. The van der Waals surface area contributed by atoms with Crippen LogP contribution in [0.5, 0.6) is 0 Å². The van der Waals surface area contributed by atoms with Crippen LogP contribution in [0.15, 0.2) is 0 Å². The minimum Gasteiger partial charge on any atom is -0.480 e. The summed E-state index contributed by atoms with van der Waals surface area (Å²) in [7, 11) is 0. The Balaban J connectivity index is 3.56. The molecule has 2 atom stereocenters. The molecule has 7 heteroatoms. The highest BCUT2D eigenvalue weighted by molar-refractivity contribution is 5.73. The number of ether oxygens (including phenoxy) is 1. The first-order valence-corrected chi connectivity index (χ1v) is 3.49. The molecular weight excluding hydrogens is 180 g/mol. The molecule has 0 bridgehead atoms. The molecule has 6 N–H and O–H groups in total. The zero-order valence-electron chi connectivity index (χ0n) is 6.84. The zero-order valence-corrected chi connectivity index (χ0v) is 6.84. The van der Waals surface area contributed by atoms with Crippen molar-refractivity contribution >= 4 is 11.9 Å². The lowest BCUT2D eigenvalue weighted by Gasteiger charge is -2.09. The van der Waals surface area contributed by atoms with Crippen LogP contribution in [0.2, 0.25) is 0 Å². The second-order valence-corrected chi connectivity index (χ2v) is 2.43. The summed E-state index contributed by atoms with van der Waals surface area (Å²) in [5, 5.41) is 16.6. The maximum Gasteiger partial charge on any atom is 0.322 e. The molecule has 0 saturated carbocycles. The summed E-state index contributed by atoms with van der Waals surface area (Å²) >= 11 is 0. The largest absolute Gasteiger partial charge is 0.480 e. The van der Waals surface area contributed by atoms with Gasteiger partial charge in [0.25, 0.3) is 0 Å². The number of carbonyl (C=O) groups is 2. The van der Waals surface area contributed by atoms with Crippen molar-refractivity contribution in [3.8, 4) is 0 Å². The van der Waals surface area contributed by atoms with E-state index >= 15 is 0 Å². The molecule has 1 unspecified atom stereocenters. The van der Waals surface area contributed by atoms with Gasteiger partial charge in [0.15, 0.2) is 0 Å². The molecule has 76 valence electrons. The fraction of sp³-hybridized carbons (Fsp3) is 0.667. The van der Waals surface area contributed by atoms with Crippen LogP contribution < -0.4 is 11.5 Å². The van der Waals surface area contributed by atoms with E-state index in [0.29, 0.717) is 0 Å². The fourth-order valence-corrected chi connectivity index (χ4v) is 0.465. The number of nitrogens with two attached hydrogens (primary N) is 2. The van der Waals surface area contributed by atoms with Crippen LogP contribution >= 0.6 is 0 Å². The lowest BCUT2D eigenvalue weighted by molar-refractivity contribution is -0.141. The van der Waals surface area contributed by atoms with E-state index in [9.17, 15) is 9.59 Å². The van der Waals surface area contributed by atoms with Gasteiger partial charge < -0.3 is 26.4 Å². The van der Waals surface area contributed by atoms with Crippen molar-refractivity contribution in [1.82, 2.24) is 0 Å². The molecule has 0 saturated heterocycles. The second kappa shape index (κ2) is 5.46. The third-order valence-electron chi connectivity index (χ3n) is 1.23. The van der Waals surface area contributed by atoms with Crippen LogP contribution in [0.3, 0.4) is 0 Å². The third-order valence-corrected chi connectivity index (χ3v) is 1.23. The maximum absolute atomic E-state index is 10.2. The molecule has 13 heavy (non-hydrogen) atoms. The summed E-state index contributed by atoms with van der Waals surface area (Å²) in [6, 6.07) is -2.30. The first-order valence-electron chi connectivity index (χ1n) is 3.49. The molecule has 7 nitrogen and oxygen atoms in total. The quantitative estimate of drug-likeness (QED) is 0.375. The standard InChI is InChI=1S/C6H12N2O5/c7-3(5(9)10)1-13-2-4(8)6(11)12/h3-4H,1-2,7-8H2,(H,9,10)(H,11,12)/t3-,4?/m0/s1. The Morgan fingerprint density at radius 3 is 1.62 bits per heavy atom. The Labute approximate surface area is 74.3 Å². The Morgan fingerprint density at radius 2 is 1.38 bits per heavy atom. The van der Waals surface area contributed by atoms with Crippen molar-refractivity contribution in [1.29, 1.82) is 0 Å². The smallest absolute Gasteiger partial charge is 0.322 e. The Hall–Kier alpha value is -1.18. The van der Waals surface area contributed by atoms with Crippen molar-refractivity contribution in [3.63, 3.8) is 0 Å². The summed E-state index contributed by atoms with van der Waals surface area (Å²) in [5.41, 5.74) is 10.1. The van der Waals surface area contributed by atoms with Crippen LogP contribution in [-0.4, -0.2) is 47.4 Å². The molecule has 0 aromatic carbocycles. The van der Waals surface area contributed by atoms with Crippen LogP contribution in [0, 0.1) is 0 Å². The van der Waals surface area contributed by atoms with Crippen molar-refractivity contribution in [2.24, 2.45) is 11.5 Å². The van der Waals surface area contributed by atoms with Crippen molar-refractivity contribution < 1.29 is 24.5 Å². The monoisotopic (exact) mass is 192 g/mol. The highest BCUT2D eigenvalue weighted by atomic mass is 16.5. The molecule has 0 aromatic heterocycles. The fourth-order valence-electron chi connectivity index (χ4n) is 0.465. The molecule has 0 radical (unpaired) electrons. The molecule has 0 amide bonds. The van der Waals surface area contributed by atoms with Gasteiger partial charge in [-0.3, -0.25) is 9.59 Å². The number of hydrogen-bond donors (Lipinski definition) is 4. The first-order chi connectivity index (χ1) is 5.95. The van der Waals surface area contributed by atoms with Crippen molar-refractivity contribution in [2.75, 3.05) is 13.2 Å². The molecule has 0 aliphatic heterocycles. The highest BCUT2D eigenvalue weighted by Gasteiger charge is 2.15. The topological polar surface area (TPSA) is 136 Å². The molecule has 0 rings (SSSR count). The number of aliphatic carboxylic acids is 2. The molecule has 0 heterocycles. The average Bonchev–Trinajstić information content (AvgIpc) is 2.03. The number of rotatable bonds is 6. The van der Waals surface area contributed by atoms with Crippen molar-refractivity contribution in [2.45, 2.75) is 12.1 Å². The second-order valence-electron chi connectivity index (χ2n) is 2.43. The Kier molecular flexibility index (Phi) is 4.97. The van der Waals surface area contributed by atoms with E-state index in [0.717, 1.165) is 0 Å². The molecule has 0 fully saturated rings. The van der Waals surface area contributed by atoms with Gasteiger partial charge in [-0.2, -0.15) is 0 Å². The molecular formula is C6H12N2O5. The van der Waals surface area contributed by atoms with Gasteiger partial charge in [0.1, 0.15) is 12.1 Å². The third kappa shape index (κ3) is 5.12. The highest BCUT2D eigenvalue weighted by Crippen LogP contribution is 1.85. The van der Waals surface area contributed by atoms with Gasteiger partial charge in [0.05, 0.1) is 13.2 Å². The van der Waals surface area contributed by atoms with Gasteiger partial charge in [0.2, 0.25) is 0 Å². The maximum atomic E-state index is 10.2. The molecule has 0 aliphatic carbocycles. The van der Waals surface area contributed by atoms with E-state index in [-0.39, 0.29) is 13.2 Å². The van der Waals surface area contributed by atoms with E-state index in [1.54, 1.807) is 0 Å². The average molecular weight is 192 g/mol. The van der Waals surface area contributed by atoms with E-state index in [1.165, 1.54) is 0 Å². The summed E-state index contributed by atoms with van der Waals surface area (Å²) < 4.78 is 4.67. The predicted molar refractivity (Wildman–Crippen MR) is 42.0 cm³/mol. The van der Waals surface area contributed by atoms with Gasteiger partial charge in [0, 0.05) is 0 Å². The predicted octanol–water partition coefficient (Wildman–Crippen LogP) is -2.17. The Bertz CT molecular complexity index is 175. The van der Waals surface area contributed by atoms with Crippen LogP contribution in [0.25, 0.3) is 0 Å². The van der Waals surface area contributed by atoms with Crippen LogP contribution in [-0.2, 0) is 14.3 Å². The SMILES string of the molecule is NC(COC[C@H](N)C(=O)O)C(=O)O. The van der Waals surface area contributed by atoms with Gasteiger partial charge in [-0.05, 0) is 0 Å². The Morgan fingerprint density at radius 1 is 1.08 bits per heavy atom. The molecule has 0 aromatic rings. The van der Waals surface area contributed by atoms with Gasteiger partial charge in [-0.25, -0.2) is 0 Å². The van der Waals surface area contributed by atoms with Gasteiger partial charge >= 0.3 is 11.9 Å². The first kappa shape index (κ1) is 11.8. The van der Waals surface area contributed by atoms with E-state index < -0.39 is 24.0 Å². The van der Waals surface area contributed by atoms with Gasteiger partial charge in [-0.15, -0.1) is 0 Å². The zero-order chi connectivity index (χ0) is 10.4. The van der Waals surface area contributed by atoms with Crippen molar-refractivity contribution in [3.05, 3.63) is 0 Å². The number of carboxylic acids is 2. The minimum atomic E-state index is -1.20. The lowest BCUT2D eigenvalue weighted by atomic mass is 10.3. The summed E-state index contributed by atoms with van der Waals surface area (Å²) in [4.78, 5) is 20.3. The lowest BCUT2D eigenvalue weighted by Crippen LogP contribution is -2.39. The molecule has 0 spiro atoms. The minimum absolute atomic E-state index is 0.254. The van der Waals surface area contributed by atoms with E-state index in [1.807, 2.05) is 0 Å². The summed E-state index contributed by atoms with van der Waals surface area (Å²) in [5.74, 6) is -2.41. The summed E-state index contributed by atoms with van der Waals surface area (Å²) in [6.07, 6.45) is 0. The normalized spacial score (nSPS) is 14.9. The van der Waals surface area contributed by atoms with E-state index in [4.69, 9.17) is 21.7 Å². The molecule has 0 aliphatic rings. The number of carboxylic acid groups (broad SMARTS) is 2. The van der Waals surface area contributed by atoms with E-state index in [2.05, 4.69) is 4.74 Å². The van der Waals surface area contributed by atoms with Crippen LogP contribution in [0.1, 0.15) is 0 Å². The summed E-state index contributed by atoms with van der Waals surface area (Å²) in [6.45, 7) is -0.507. The van der Waals surface area contributed by atoms with Crippen LogP contribution in [0.4, 0.5) is 0 Å². The van der Waals surface area contributed by atoms with Gasteiger partial charge in [-0.1, -0.05) is 0 Å².